The third-order valence-electron chi connectivity index (χ3n) is 3.07. The molecule has 5 nitrogen and oxygen atoms in total. The monoisotopic (exact) mass is 212 g/mol. The van der Waals surface area contributed by atoms with Crippen molar-refractivity contribution in [2.24, 2.45) is 5.41 Å². The lowest BCUT2D eigenvalue weighted by molar-refractivity contribution is -0.158. The molecule has 2 amide bonds. The normalized spacial score (nSPS) is 28.8. The lowest BCUT2D eigenvalue weighted by Gasteiger charge is -2.37. The molecule has 0 aromatic rings. The molecular formula is C10H16N2O3. The van der Waals surface area contributed by atoms with E-state index in [0.29, 0.717) is 26.2 Å². The first-order valence-corrected chi connectivity index (χ1v) is 5.14. The van der Waals surface area contributed by atoms with E-state index in [-0.39, 0.29) is 23.3 Å². The highest BCUT2D eigenvalue weighted by atomic mass is 16.5. The fourth-order valence-corrected chi connectivity index (χ4v) is 1.86. The van der Waals surface area contributed by atoms with Crippen molar-refractivity contribution >= 4 is 11.8 Å². The van der Waals surface area contributed by atoms with Crippen molar-refractivity contribution in [3.63, 3.8) is 0 Å². The fourth-order valence-electron chi connectivity index (χ4n) is 1.86. The van der Waals surface area contributed by atoms with Crippen LogP contribution in [0.3, 0.4) is 0 Å². The third kappa shape index (κ3) is 1.84. The smallest absolute Gasteiger partial charge is 0.230 e. The van der Waals surface area contributed by atoms with Gasteiger partial charge in [0.05, 0.1) is 24.7 Å². The minimum Gasteiger partial charge on any atom is -0.379 e. The van der Waals surface area contributed by atoms with Crippen LogP contribution in [0.2, 0.25) is 0 Å². The highest BCUT2D eigenvalue weighted by molar-refractivity contribution is 5.85. The number of hydrogen-bond acceptors (Lipinski definition) is 3. The molecule has 15 heavy (non-hydrogen) atoms. The molecule has 0 saturated carbocycles. The topological polar surface area (TPSA) is 58.6 Å². The van der Waals surface area contributed by atoms with Gasteiger partial charge in [-0.15, -0.1) is 0 Å². The summed E-state index contributed by atoms with van der Waals surface area (Å²) in [6.45, 7) is 3.46. The van der Waals surface area contributed by atoms with E-state index in [1.165, 1.54) is 0 Å². The van der Waals surface area contributed by atoms with Gasteiger partial charge in [-0.25, -0.2) is 0 Å². The number of ether oxygens (including phenoxy) is 1. The lowest BCUT2D eigenvalue weighted by atomic mass is 9.87. The van der Waals surface area contributed by atoms with Gasteiger partial charge in [0.1, 0.15) is 0 Å². The quantitative estimate of drug-likeness (QED) is 0.663. The Labute approximate surface area is 88.8 Å². The number of nitrogens with zero attached hydrogens (tertiary/aromatic N) is 1. The lowest BCUT2D eigenvalue weighted by Crippen LogP contribution is -2.54. The zero-order valence-corrected chi connectivity index (χ0v) is 9.08. The summed E-state index contributed by atoms with van der Waals surface area (Å²) >= 11 is 0. The number of likely N-dealkylation sites (tertiary alicyclic amines) is 1. The molecule has 0 aliphatic carbocycles. The Hall–Kier alpha value is -1.10. The standard InChI is InChI=1S/C10H16N2O3/c1-10(5-15-6-10)9(14)11-7-3-8(13)12(2)4-7/h7H,3-6H2,1-2H3,(H,11,14)/t7-/m0/s1. The van der Waals surface area contributed by atoms with Crippen LogP contribution in [-0.4, -0.2) is 49.6 Å². The second-order valence-electron chi connectivity index (χ2n) is 4.70. The molecule has 0 aromatic carbocycles. The van der Waals surface area contributed by atoms with E-state index in [1.54, 1.807) is 11.9 Å². The van der Waals surface area contributed by atoms with Gasteiger partial charge in [-0.1, -0.05) is 0 Å². The number of carbonyl (C=O) groups is 2. The van der Waals surface area contributed by atoms with Crippen molar-refractivity contribution < 1.29 is 14.3 Å². The molecule has 1 atom stereocenters. The van der Waals surface area contributed by atoms with Crippen LogP contribution in [0.15, 0.2) is 0 Å². The van der Waals surface area contributed by atoms with E-state index in [1.807, 2.05) is 6.92 Å². The van der Waals surface area contributed by atoms with E-state index in [4.69, 9.17) is 4.74 Å². The summed E-state index contributed by atoms with van der Waals surface area (Å²) in [5.74, 6) is 0.0946. The molecule has 2 aliphatic rings. The maximum absolute atomic E-state index is 11.8. The Kier molecular flexibility index (Phi) is 2.42. The molecule has 2 heterocycles. The molecule has 84 valence electrons. The van der Waals surface area contributed by atoms with Gasteiger partial charge in [-0.2, -0.15) is 0 Å². The number of rotatable bonds is 2. The number of carbonyl (C=O) groups excluding carboxylic acids is 2. The van der Waals surface area contributed by atoms with Gasteiger partial charge in [0, 0.05) is 20.0 Å². The van der Waals surface area contributed by atoms with Crippen molar-refractivity contribution in [1.82, 2.24) is 10.2 Å². The van der Waals surface area contributed by atoms with Gasteiger partial charge in [-0.3, -0.25) is 9.59 Å². The highest BCUT2D eigenvalue weighted by Gasteiger charge is 2.42. The molecule has 0 radical (unpaired) electrons. The van der Waals surface area contributed by atoms with Crippen LogP contribution >= 0.6 is 0 Å². The van der Waals surface area contributed by atoms with Crippen molar-refractivity contribution in [3.05, 3.63) is 0 Å². The molecule has 0 bridgehead atoms. The highest BCUT2D eigenvalue weighted by Crippen LogP contribution is 2.27. The van der Waals surface area contributed by atoms with Crippen molar-refractivity contribution in [2.45, 2.75) is 19.4 Å². The van der Waals surface area contributed by atoms with Crippen molar-refractivity contribution in [1.29, 1.82) is 0 Å². The molecule has 2 rings (SSSR count). The van der Waals surface area contributed by atoms with Gasteiger partial charge in [0.2, 0.25) is 11.8 Å². The SMILES string of the molecule is CN1C[C@@H](NC(=O)C2(C)COC2)CC1=O. The summed E-state index contributed by atoms with van der Waals surface area (Å²) in [6.07, 6.45) is 0.416. The van der Waals surface area contributed by atoms with Gasteiger partial charge in [0.25, 0.3) is 0 Å². The minimum absolute atomic E-state index is 0.00171. The van der Waals surface area contributed by atoms with E-state index in [9.17, 15) is 9.59 Å². The number of likely N-dealkylation sites (N-methyl/N-ethyl adjacent to an activating group) is 1. The largest absolute Gasteiger partial charge is 0.379 e. The zero-order valence-electron chi connectivity index (χ0n) is 9.08. The van der Waals surface area contributed by atoms with Crippen molar-refractivity contribution in [2.75, 3.05) is 26.8 Å². The first kappa shape index (κ1) is 10.4. The Morgan fingerprint density at radius 3 is 2.67 bits per heavy atom. The van der Waals surface area contributed by atoms with E-state index in [2.05, 4.69) is 5.32 Å². The van der Waals surface area contributed by atoms with Gasteiger partial charge < -0.3 is 15.0 Å². The third-order valence-corrected chi connectivity index (χ3v) is 3.07. The van der Waals surface area contributed by atoms with E-state index < -0.39 is 0 Å². The Morgan fingerprint density at radius 1 is 1.60 bits per heavy atom. The maximum Gasteiger partial charge on any atom is 0.230 e. The molecule has 0 aromatic heterocycles. The van der Waals surface area contributed by atoms with Crippen molar-refractivity contribution in [3.8, 4) is 0 Å². The number of nitrogens with one attached hydrogen (secondary N) is 1. The summed E-state index contributed by atoms with van der Waals surface area (Å²) in [7, 11) is 1.75. The van der Waals surface area contributed by atoms with Crippen LogP contribution in [0.5, 0.6) is 0 Å². The summed E-state index contributed by atoms with van der Waals surface area (Å²) in [4.78, 5) is 24.7. The Balaban J connectivity index is 1.87. The molecular weight excluding hydrogens is 196 g/mol. The predicted molar refractivity (Wildman–Crippen MR) is 53.1 cm³/mol. The summed E-state index contributed by atoms with van der Waals surface area (Å²) in [5.41, 5.74) is -0.385. The molecule has 2 aliphatic heterocycles. The first-order valence-electron chi connectivity index (χ1n) is 5.14. The van der Waals surface area contributed by atoms with Crippen LogP contribution in [0, 0.1) is 5.41 Å². The second kappa shape index (κ2) is 3.48. The van der Waals surface area contributed by atoms with Gasteiger partial charge in [-0.05, 0) is 6.92 Å². The second-order valence-corrected chi connectivity index (χ2v) is 4.70. The fraction of sp³-hybridized carbons (Fsp3) is 0.800. The first-order chi connectivity index (χ1) is 7.01. The van der Waals surface area contributed by atoms with Crippen LogP contribution in [-0.2, 0) is 14.3 Å². The van der Waals surface area contributed by atoms with Crippen LogP contribution in [0.4, 0.5) is 0 Å². The van der Waals surface area contributed by atoms with Crippen LogP contribution in [0.1, 0.15) is 13.3 Å². The van der Waals surface area contributed by atoms with E-state index >= 15 is 0 Å². The molecule has 1 N–H and O–H groups in total. The van der Waals surface area contributed by atoms with E-state index in [0.717, 1.165) is 0 Å². The molecule has 0 unspecified atom stereocenters. The Morgan fingerprint density at radius 2 is 2.27 bits per heavy atom. The summed E-state index contributed by atoms with van der Waals surface area (Å²) in [5, 5.41) is 2.90. The Bertz CT molecular complexity index is 299. The van der Waals surface area contributed by atoms with Gasteiger partial charge >= 0.3 is 0 Å². The molecule has 2 saturated heterocycles. The van der Waals surface area contributed by atoms with Crippen LogP contribution in [0.25, 0.3) is 0 Å². The average molecular weight is 212 g/mol. The van der Waals surface area contributed by atoms with Crippen LogP contribution < -0.4 is 5.32 Å². The molecule has 2 fully saturated rings. The minimum atomic E-state index is -0.385. The predicted octanol–water partition coefficient (Wildman–Crippen LogP) is -0.630. The summed E-state index contributed by atoms with van der Waals surface area (Å²) in [6, 6.07) is -0.0348. The average Bonchev–Trinajstić information content (AvgIpc) is 2.41. The number of hydrogen-bond donors (Lipinski definition) is 1. The van der Waals surface area contributed by atoms with Gasteiger partial charge in [0.15, 0.2) is 0 Å². The molecule has 0 spiro atoms. The zero-order chi connectivity index (χ0) is 11.1. The number of amides is 2. The molecule has 5 heteroatoms. The summed E-state index contributed by atoms with van der Waals surface area (Å²) < 4.78 is 5.03. The maximum atomic E-state index is 11.8.